The standard InChI is InChI=1S/C13H20N2O/c1-14-8-10-15(11-9-14)7-6-12-2-4-13(16)5-3-12/h2-5,16H,6-11H2,1H3. The van der Waals surface area contributed by atoms with Crippen LogP contribution in [0.15, 0.2) is 24.3 Å². The molecule has 1 heterocycles. The van der Waals surface area contributed by atoms with Gasteiger partial charge in [-0.25, -0.2) is 0 Å². The Kier molecular flexibility index (Phi) is 3.80. The summed E-state index contributed by atoms with van der Waals surface area (Å²) in [7, 11) is 2.18. The molecular formula is C13H20N2O. The van der Waals surface area contributed by atoms with Gasteiger partial charge in [0.25, 0.3) is 0 Å². The summed E-state index contributed by atoms with van der Waals surface area (Å²) in [5.74, 6) is 0.350. The van der Waals surface area contributed by atoms with E-state index >= 15 is 0 Å². The van der Waals surface area contributed by atoms with Crippen molar-refractivity contribution < 1.29 is 5.11 Å². The molecule has 1 aliphatic heterocycles. The van der Waals surface area contributed by atoms with E-state index in [0.717, 1.165) is 13.0 Å². The Morgan fingerprint density at radius 2 is 1.69 bits per heavy atom. The number of hydrogen-bond acceptors (Lipinski definition) is 3. The molecule has 0 unspecified atom stereocenters. The van der Waals surface area contributed by atoms with E-state index in [0.29, 0.717) is 5.75 Å². The molecule has 3 heteroatoms. The fraction of sp³-hybridized carbons (Fsp3) is 0.538. The third-order valence-corrected chi connectivity index (χ3v) is 3.25. The van der Waals surface area contributed by atoms with Gasteiger partial charge in [-0.15, -0.1) is 0 Å². The van der Waals surface area contributed by atoms with E-state index in [4.69, 9.17) is 0 Å². The van der Waals surface area contributed by atoms with Crippen LogP contribution < -0.4 is 0 Å². The number of nitrogens with zero attached hydrogens (tertiary/aromatic N) is 2. The van der Waals surface area contributed by atoms with Gasteiger partial charge in [0.15, 0.2) is 0 Å². The second-order valence-corrected chi connectivity index (χ2v) is 4.56. The first-order valence-electron chi connectivity index (χ1n) is 5.93. The van der Waals surface area contributed by atoms with Crippen molar-refractivity contribution in [2.45, 2.75) is 6.42 Å². The van der Waals surface area contributed by atoms with E-state index in [1.807, 2.05) is 12.1 Å². The topological polar surface area (TPSA) is 26.7 Å². The highest BCUT2D eigenvalue weighted by molar-refractivity contribution is 5.25. The van der Waals surface area contributed by atoms with E-state index in [-0.39, 0.29) is 0 Å². The molecular weight excluding hydrogens is 200 g/mol. The molecule has 1 aromatic carbocycles. The Hall–Kier alpha value is -1.06. The minimum atomic E-state index is 0.350. The molecule has 1 fully saturated rings. The summed E-state index contributed by atoms with van der Waals surface area (Å²) in [6.07, 6.45) is 1.07. The molecule has 0 aromatic heterocycles. The van der Waals surface area contributed by atoms with Gasteiger partial charge in [0, 0.05) is 32.7 Å². The van der Waals surface area contributed by atoms with Crippen molar-refractivity contribution in [2.75, 3.05) is 39.8 Å². The summed E-state index contributed by atoms with van der Waals surface area (Å²) in [4.78, 5) is 4.88. The second kappa shape index (κ2) is 5.32. The van der Waals surface area contributed by atoms with Crippen LogP contribution in [0.5, 0.6) is 5.75 Å². The Morgan fingerprint density at radius 3 is 2.31 bits per heavy atom. The van der Waals surface area contributed by atoms with Crippen LogP contribution in [-0.2, 0) is 6.42 Å². The number of aromatic hydroxyl groups is 1. The number of piperazine rings is 1. The maximum Gasteiger partial charge on any atom is 0.115 e. The van der Waals surface area contributed by atoms with Crippen molar-refractivity contribution in [3.63, 3.8) is 0 Å². The van der Waals surface area contributed by atoms with Crippen LogP contribution in [0.1, 0.15) is 5.56 Å². The molecule has 0 spiro atoms. The predicted molar refractivity (Wildman–Crippen MR) is 65.7 cm³/mol. The minimum absolute atomic E-state index is 0.350. The van der Waals surface area contributed by atoms with Crippen molar-refractivity contribution >= 4 is 0 Å². The molecule has 0 bridgehead atoms. The Bertz CT molecular complexity index is 315. The van der Waals surface area contributed by atoms with Crippen molar-refractivity contribution in [3.8, 4) is 5.75 Å². The molecule has 16 heavy (non-hydrogen) atoms. The molecule has 1 aliphatic rings. The first-order chi connectivity index (χ1) is 7.74. The average Bonchev–Trinajstić information content (AvgIpc) is 2.30. The third-order valence-electron chi connectivity index (χ3n) is 3.25. The molecule has 0 atom stereocenters. The number of hydrogen-bond donors (Lipinski definition) is 1. The van der Waals surface area contributed by atoms with Crippen molar-refractivity contribution in [2.24, 2.45) is 0 Å². The fourth-order valence-corrected chi connectivity index (χ4v) is 2.02. The summed E-state index contributed by atoms with van der Waals surface area (Å²) in [5.41, 5.74) is 1.30. The monoisotopic (exact) mass is 220 g/mol. The molecule has 1 saturated heterocycles. The van der Waals surface area contributed by atoms with Crippen LogP contribution in [-0.4, -0.2) is 54.7 Å². The van der Waals surface area contributed by atoms with E-state index in [2.05, 4.69) is 16.8 Å². The number of benzene rings is 1. The highest BCUT2D eigenvalue weighted by Crippen LogP contribution is 2.10. The van der Waals surface area contributed by atoms with Crippen LogP contribution in [0.25, 0.3) is 0 Å². The summed E-state index contributed by atoms with van der Waals surface area (Å²) in [6, 6.07) is 7.54. The van der Waals surface area contributed by atoms with Gasteiger partial charge in [0.2, 0.25) is 0 Å². The molecule has 1 aromatic rings. The molecule has 2 rings (SSSR count). The number of likely N-dealkylation sites (N-methyl/N-ethyl adjacent to an activating group) is 1. The first-order valence-corrected chi connectivity index (χ1v) is 5.93. The molecule has 0 saturated carbocycles. The van der Waals surface area contributed by atoms with E-state index < -0.39 is 0 Å². The highest BCUT2D eigenvalue weighted by Gasteiger charge is 2.12. The summed E-state index contributed by atoms with van der Waals surface area (Å²) >= 11 is 0. The van der Waals surface area contributed by atoms with Gasteiger partial charge in [-0.05, 0) is 31.2 Å². The van der Waals surface area contributed by atoms with Gasteiger partial charge in [-0.2, -0.15) is 0 Å². The predicted octanol–water partition coefficient (Wildman–Crippen LogP) is 1.18. The smallest absolute Gasteiger partial charge is 0.115 e. The summed E-state index contributed by atoms with van der Waals surface area (Å²) in [5, 5.41) is 9.19. The normalized spacial score (nSPS) is 18.8. The minimum Gasteiger partial charge on any atom is -0.508 e. The maximum atomic E-state index is 9.19. The van der Waals surface area contributed by atoms with Crippen LogP contribution in [0, 0.1) is 0 Å². The zero-order valence-electron chi connectivity index (χ0n) is 9.89. The number of phenols is 1. The van der Waals surface area contributed by atoms with Crippen molar-refractivity contribution in [1.29, 1.82) is 0 Å². The lowest BCUT2D eigenvalue weighted by molar-refractivity contribution is 0.155. The van der Waals surface area contributed by atoms with Gasteiger partial charge in [-0.3, -0.25) is 0 Å². The lowest BCUT2D eigenvalue weighted by Crippen LogP contribution is -2.45. The average molecular weight is 220 g/mol. The van der Waals surface area contributed by atoms with Gasteiger partial charge >= 0.3 is 0 Å². The van der Waals surface area contributed by atoms with Crippen LogP contribution in [0.2, 0.25) is 0 Å². The zero-order chi connectivity index (χ0) is 11.4. The summed E-state index contributed by atoms with van der Waals surface area (Å²) < 4.78 is 0. The van der Waals surface area contributed by atoms with Crippen molar-refractivity contribution in [1.82, 2.24) is 9.80 Å². The highest BCUT2D eigenvalue weighted by atomic mass is 16.3. The third kappa shape index (κ3) is 3.22. The van der Waals surface area contributed by atoms with Crippen LogP contribution in [0.3, 0.4) is 0 Å². The lowest BCUT2D eigenvalue weighted by atomic mass is 10.1. The Labute approximate surface area is 97.3 Å². The van der Waals surface area contributed by atoms with Gasteiger partial charge < -0.3 is 14.9 Å². The molecule has 0 amide bonds. The van der Waals surface area contributed by atoms with Crippen LogP contribution >= 0.6 is 0 Å². The zero-order valence-corrected chi connectivity index (χ0v) is 9.89. The molecule has 1 N–H and O–H groups in total. The van der Waals surface area contributed by atoms with Crippen LogP contribution in [0.4, 0.5) is 0 Å². The SMILES string of the molecule is CN1CCN(CCc2ccc(O)cc2)CC1. The molecule has 0 aliphatic carbocycles. The van der Waals surface area contributed by atoms with Crippen molar-refractivity contribution in [3.05, 3.63) is 29.8 Å². The van der Waals surface area contributed by atoms with E-state index in [9.17, 15) is 5.11 Å². The molecule has 0 radical (unpaired) electrons. The number of rotatable bonds is 3. The largest absolute Gasteiger partial charge is 0.508 e. The summed E-state index contributed by atoms with van der Waals surface area (Å²) in [6.45, 7) is 5.83. The Morgan fingerprint density at radius 1 is 1.06 bits per heavy atom. The fourth-order valence-electron chi connectivity index (χ4n) is 2.02. The molecule has 3 nitrogen and oxygen atoms in total. The molecule has 88 valence electrons. The maximum absolute atomic E-state index is 9.19. The van der Waals surface area contributed by atoms with E-state index in [1.165, 1.54) is 31.7 Å². The van der Waals surface area contributed by atoms with Gasteiger partial charge in [0.1, 0.15) is 5.75 Å². The quantitative estimate of drug-likeness (QED) is 0.828. The first kappa shape index (κ1) is 11.4. The van der Waals surface area contributed by atoms with Gasteiger partial charge in [0.05, 0.1) is 0 Å². The Balaban J connectivity index is 1.77. The lowest BCUT2D eigenvalue weighted by Gasteiger charge is -2.32. The van der Waals surface area contributed by atoms with E-state index in [1.54, 1.807) is 12.1 Å². The number of phenolic OH excluding ortho intramolecular Hbond substituents is 1. The second-order valence-electron chi connectivity index (χ2n) is 4.56. The van der Waals surface area contributed by atoms with Gasteiger partial charge in [-0.1, -0.05) is 12.1 Å².